The van der Waals surface area contributed by atoms with E-state index in [-0.39, 0.29) is 9.92 Å². The molecule has 9 heteroatoms. The number of hydrogen-bond donors (Lipinski definition) is 2. The maximum atomic E-state index is 13.0. The number of aromatic nitrogens is 2. The van der Waals surface area contributed by atoms with E-state index in [1.54, 1.807) is 37.3 Å². The maximum Gasteiger partial charge on any atom is 0.314 e. The molecule has 40 heavy (non-hydrogen) atoms. The highest BCUT2D eigenvalue weighted by Gasteiger charge is 2.51. The molecule has 0 radical (unpaired) electrons. The van der Waals surface area contributed by atoms with Crippen molar-refractivity contribution in [2.75, 3.05) is 5.32 Å². The summed E-state index contributed by atoms with van der Waals surface area (Å²) in [7, 11) is -3.78. The predicted octanol–water partition coefficient (Wildman–Crippen LogP) is 6.40. The van der Waals surface area contributed by atoms with Crippen molar-refractivity contribution in [3.63, 3.8) is 0 Å². The fourth-order valence-electron chi connectivity index (χ4n) is 4.74. The van der Waals surface area contributed by atoms with E-state index >= 15 is 0 Å². The largest absolute Gasteiger partial charge is 0.481 e. The first-order chi connectivity index (χ1) is 19.3. The number of hydrogen-bond acceptors (Lipinski definition) is 7. The summed E-state index contributed by atoms with van der Waals surface area (Å²) in [6.07, 6.45) is 1.35. The van der Waals surface area contributed by atoms with Crippen LogP contribution in [0, 0.1) is 6.92 Å². The van der Waals surface area contributed by atoms with Crippen molar-refractivity contribution in [3.8, 4) is 22.5 Å². The SMILES string of the molecule is Cc1noc(-c2ccc(-c3ccc(C4(C(=O)O)CC4)cc3)cc2)c1Nc1cccc(S(=O)(=O)c2ccccc2)n1. The van der Waals surface area contributed by atoms with E-state index in [0.29, 0.717) is 35.8 Å². The second kappa shape index (κ2) is 9.77. The summed E-state index contributed by atoms with van der Waals surface area (Å²) in [4.78, 5) is 16.2. The van der Waals surface area contributed by atoms with E-state index in [4.69, 9.17) is 4.52 Å². The van der Waals surface area contributed by atoms with Gasteiger partial charge in [-0.25, -0.2) is 13.4 Å². The van der Waals surface area contributed by atoms with Crippen molar-refractivity contribution in [2.45, 2.75) is 35.1 Å². The van der Waals surface area contributed by atoms with Crippen LogP contribution in [0.2, 0.25) is 0 Å². The molecule has 1 fully saturated rings. The zero-order chi connectivity index (χ0) is 27.9. The Morgan fingerprint density at radius 3 is 2.10 bits per heavy atom. The zero-order valence-electron chi connectivity index (χ0n) is 21.5. The fourth-order valence-corrected chi connectivity index (χ4v) is 5.98. The summed E-state index contributed by atoms with van der Waals surface area (Å²) in [6.45, 7) is 1.79. The number of pyridine rings is 1. The molecular weight excluding hydrogens is 526 g/mol. The summed E-state index contributed by atoms with van der Waals surface area (Å²) in [5, 5.41) is 16.8. The number of benzene rings is 3. The lowest BCUT2D eigenvalue weighted by atomic mass is 9.93. The van der Waals surface area contributed by atoms with Gasteiger partial charge in [-0.15, -0.1) is 0 Å². The van der Waals surface area contributed by atoms with Gasteiger partial charge in [0.15, 0.2) is 10.8 Å². The first kappa shape index (κ1) is 25.5. The van der Waals surface area contributed by atoms with Crippen molar-refractivity contribution in [2.24, 2.45) is 0 Å². The van der Waals surface area contributed by atoms with Crippen LogP contribution in [0.5, 0.6) is 0 Å². The molecule has 0 bridgehead atoms. The average molecular weight is 552 g/mol. The molecule has 0 aliphatic heterocycles. The first-order valence-corrected chi connectivity index (χ1v) is 14.2. The van der Waals surface area contributed by atoms with E-state index in [9.17, 15) is 18.3 Å². The van der Waals surface area contributed by atoms with Crippen LogP contribution in [0.15, 0.2) is 112 Å². The van der Waals surface area contributed by atoms with Crippen LogP contribution < -0.4 is 5.32 Å². The lowest BCUT2D eigenvalue weighted by Crippen LogP contribution is -2.19. The minimum absolute atomic E-state index is 0.0642. The number of carboxylic acid groups (broad SMARTS) is 1. The van der Waals surface area contributed by atoms with Crippen molar-refractivity contribution >= 4 is 27.3 Å². The highest BCUT2D eigenvalue weighted by Crippen LogP contribution is 2.48. The number of rotatable bonds is 8. The molecule has 8 nitrogen and oxygen atoms in total. The molecule has 5 aromatic rings. The van der Waals surface area contributed by atoms with Crippen molar-refractivity contribution in [1.29, 1.82) is 0 Å². The molecule has 3 aromatic carbocycles. The Kier molecular flexibility index (Phi) is 6.23. The van der Waals surface area contributed by atoms with Gasteiger partial charge in [-0.2, -0.15) is 0 Å². The van der Waals surface area contributed by atoms with Gasteiger partial charge in [0.05, 0.1) is 10.3 Å². The normalized spacial score (nSPS) is 14.0. The molecule has 0 saturated heterocycles. The molecule has 2 N–H and O–H groups in total. The Hall–Kier alpha value is -4.76. The van der Waals surface area contributed by atoms with Crippen molar-refractivity contribution in [1.82, 2.24) is 10.1 Å². The van der Waals surface area contributed by atoms with Gasteiger partial charge in [0.2, 0.25) is 9.84 Å². The number of sulfone groups is 1. The number of aliphatic carboxylic acids is 1. The van der Waals surface area contributed by atoms with Gasteiger partial charge < -0.3 is 14.9 Å². The number of aryl methyl sites for hydroxylation is 1. The summed E-state index contributed by atoms with van der Waals surface area (Å²) in [5.74, 6) is 0.0711. The summed E-state index contributed by atoms with van der Waals surface area (Å²) < 4.78 is 31.7. The Labute approximate surface area is 231 Å². The van der Waals surface area contributed by atoms with E-state index < -0.39 is 21.2 Å². The lowest BCUT2D eigenvalue weighted by Gasteiger charge is -2.11. The molecule has 200 valence electrons. The van der Waals surface area contributed by atoms with Crippen LogP contribution in [0.25, 0.3) is 22.5 Å². The third-order valence-corrected chi connectivity index (χ3v) is 8.92. The Morgan fingerprint density at radius 1 is 0.850 bits per heavy atom. The molecule has 2 heterocycles. The van der Waals surface area contributed by atoms with Gasteiger partial charge in [0.25, 0.3) is 0 Å². The fraction of sp³-hybridized carbons (Fsp3) is 0.129. The Morgan fingerprint density at radius 2 is 1.48 bits per heavy atom. The van der Waals surface area contributed by atoms with Crippen LogP contribution >= 0.6 is 0 Å². The van der Waals surface area contributed by atoms with Crippen molar-refractivity contribution < 1.29 is 22.8 Å². The van der Waals surface area contributed by atoms with Gasteiger partial charge in [-0.3, -0.25) is 4.79 Å². The zero-order valence-corrected chi connectivity index (χ0v) is 22.4. The number of anilines is 2. The first-order valence-electron chi connectivity index (χ1n) is 12.7. The van der Waals surface area contributed by atoms with Crippen LogP contribution in [0.4, 0.5) is 11.5 Å². The molecule has 0 unspecified atom stereocenters. The molecule has 1 aliphatic carbocycles. The molecule has 2 aromatic heterocycles. The minimum atomic E-state index is -3.78. The van der Waals surface area contributed by atoms with E-state index in [1.165, 1.54) is 18.2 Å². The third-order valence-electron chi connectivity index (χ3n) is 7.25. The Bertz CT molecular complexity index is 1810. The van der Waals surface area contributed by atoms with E-state index in [1.807, 2.05) is 48.5 Å². The number of nitrogens with one attached hydrogen (secondary N) is 1. The van der Waals surface area contributed by atoms with Crippen LogP contribution in [-0.4, -0.2) is 29.6 Å². The van der Waals surface area contributed by atoms with Gasteiger partial charge in [0, 0.05) is 5.56 Å². The smallest absolute Gasteiger partial charge is 0.314 e. The lowest BCUT2D eigenvalue weighted by molar-refractivity contribution is -0.140. The molecule has 0 amide bonds. The van der Waals surface area contributed by atoms with Crippen LogP contribution in [0.3, 0.4) is 0 Å². The second-order valence-electron chi connectivity index (χ2n) is 9.82. The van der Waals surface area contributed by atoms with Crippen LogP contribution in [0.1, 0.15) is 24.1 Å². The van der Waals surface area contributed by atoms with E-state index in [2.05, 4.69) is 15.5 Å². The highest BCUT2D eigenvalue weighted by atomic mass is 32.2. The molecule has 1 saturated carbocycles. The highest BCUT2D eigenvalue weighted by molar-refractivity contribution is 7.91. The molecule has 0 atom stereocenters. The average Bonchev–Trinajstić information content (AvgIpc) is 3.73. The molecule has 6 rings (SSSR count). The van der Waals surface area contributed by atoms with Gasteiger partial charge in [0.1, 0.15) is 17.2 Å². The van der Waals surface area contributed by atoms with Crippen LogP contribution in [-0.2, 0) is 20.0 Å². The summed E-state index contributed by atoms with van der Waals surface area (Å²) >= 11 is 0. The number of carboxylic acids is 1. The van der Waals surface area contributed by atoms with Gasteiger partial charge in [-0.05, 0) is 60.7 Å². The quantitative estimate of drug-likeness (QED) is 0.227. The molecule has 1 aliphatic rings. The van der Waals surface area contributed by atoms with E-state index in [0.717, 1.165) is 22.3 Å². The standard InChI is InChI=1S/C31H25N3O5S/c1-20-28(33-26-8-5-9-27(32-26)40(37,38)25-6-3-2-4-7-25)29(39-34-20)23-12-10-21(11-13-23)22-14-16-24(17-15-22)31(18-19-31)30(35)36/h2-17H,18-19H2,1H3,(H,32,33)(H,35,36). The Balaban J connectivity index is 1.24. The summed E-state index contributed by atoms with van der Waals surface area (Å²) in [6, 6.07) is 28.4. The summed E-state index contributed by atoms with van der Waals surface area (Å²) in [5.41, 5.74) is 4.02. The minimum Gasteiger partial charge on any atom is -0.481 e. The van der Waals surface area contributed by atoms with Crippen molar-refractivity contribution in [3.05, 3.63) is 108 Å². The molecular formula is C31H25N3O5S. The third kappa shape index (κ3) is 4.54. The predicted molar refractivity (Wildman–Crippen MR) is 150 cm³/mol. The monoisotopic (exact) mass is 551 g/mol. The maximum absolute atomic E-state index is 13.0. The topological polar surface area (TPSA) is 122 Å². The second-order valence-corrected chi connectivity index (χ2v) is 11.7. The molecule has 0 spiro atoms. The van der Waals surface area contributed by atoms with Gasteiger partial charge >= 0.3 is 5.97 Å². The van der Waals surface area contributed by atoms with Gasteiger partial charge in [-0.1, -0.05) is 78.0 Å². The number of carbonyl (C=O) groups is 1. The number of nitrogens with zero attached hydrogens (tertiary/aromatic N) is 2.